The van der Waals surface area contributed by atoms with E-state index in [-0.39, 0.29) is 18.7 Å². The molecule has 4 nitrogen and oxygen atoms in total. The summed E-state index contributed by atoms with van der Waals surface area (Å²) in [6, 6.07) is 24.4. The van der Waals surface area contributed by atoms with Gasteiger partial charge < -0.3 is 14.8 Å². The van der Waals surface area contributed by atoms with Crippen molar-refractivity contribution in [2.24, 2.45) is 0 Å². The van der Waals surface area contributed by atoms with Gasteiger partial charge in [0.05, 0.1) is 6.04 Å². The van der Waals surface area contributed by atoms with Gasteiger partial charge in [-0.3, -0.25) is 4.79 Å². The predicted molar refractivity (Wildman–Crippen MR) is 109 cm³/mol. The number of carbonyl (C=O) groups excluding carboxylic acids is 1. The molecule has 0 fully saturated rings. The molecule has 4 heteroatoms. The minimum absolute atomic E-state index is 0.0333. The van der Waals surface area contributed by atoms with E-state index in [2.05, 4.69) is 41.7 Å². The SMILES string of the molecule is C[C@H](NC(=O)CCc1ccc2c(c1)OCO2)c1ccc(-c2ccccc2)cc1. The highest BCUT2D eigenvalue weighted by atomic mass is 16.7. The van der Waals surface area contributed by atoms with Crippen molar-refractivity contribution in [3.63, 3.8) is 0 Å². The summed E-state index contributed by atoms with van der Waals surface area (Å²) in [6.45, 7) is 2.27. The second-order valence-electron chi connectivity index (χ2n) is 6.96. The molecule has 1 aliphatic rings. The predicted octanol–water partition coefficient (Wildman–Crippen LogP) is 4.89. The number of aryl methyl sites for hydroxylation is 1. The van der Waals surface area contributed by atoms with Gasteiger partial charge in [-0.1, -0.05) is 60.7 Å². The summed E-state index contributed by atoms with van der Waals surface area (Å²) in [5, 5.41) is 3.08. The van der Waals surface area contributed by atoms with Crippen LogP contribution in [0.15, 0.2) is 72.8 Å². The van der Waals surface area contributed by atoms with Crippen LogP contribution in [0.1, 0.15) is 30.5 Å². The van der Waals surface area contributed by atoms with Crippen molar-refractivity contribution >= 4 is 5.91 Å². The highest BCUT2D eigenvalue weighted by Gasteiger charge is 2.14. The summed E-state index contributed by atoms with van der Waals surface area (Å²) in [5.74, 6) is 1.56. The Bertz CT molecular complexity index is 951. The van der Waals surface area contributed by atoms with Crippen LogP contribution in [0.4, 0.5) is 0 Å². The van der Waals surface area contributed by atoms with Crippen molar-refractivity contribution < 1.29 is 14.3 Å². The van der Waals surface area contributed by atoms with Crippen LogP contribution in [0.5, 0.6) is 11.5 Å². The van der Waals surface area contributed by atoms with Gasteiger partial charge in [-0.2, -0.15) is 0 Å². The Balaban J connectivity index is 1.31. The Hall–Kier alpha value is -3.27. The molecule has 1 atom stereocenters. The largest absolute Gasteiger partial charge is 0.454 e. The molecule has 3 aromatic rings. The molecule has 1 amide bonds. The number of nitrogens with one attached hydrogen (secondary N) is 1. The molecular weight excluding hydrogens is 350 g/mol. The van der Waals surface area contributed by atoms with Crippen LogP contribution < -0.4 is 14.8 Å². The van der Waals surface area contributed by atoms with Crippen molar-refractivity contribution in [2.45, 2.75) is 25.8 Å². The average Bonchev–Trinajstić information content (AvgIpc) is 3.21. The van der Waals surface area contributed by atoms with E-state index >= 15 is 0 Å². The van der Waals surface area contributed by atoms with E-state index in [9.17, 15) is 4.79 Å². The summed E-state index contributed by atoms with van der Waals surface area (Å²) in [6.07, 6.45) is 1.11. The number of amides is 1. The molecule has 0 bridgehead atoms. The normalized spacial score (nSPS) is 13.2. The van der Waals surface area contributed by atoms with Crippen LogP contribution in [0.25, 0.3) is 11.1 Å². The Labute approximate surface area is 165 Å². The maximum atomic E-state index is 12.4. The Morgan fingerprint density at radius 3 is 2.43 bits per heavy atom. The summed E-state index contributed by atoms with van der Waals surface area (Å²) in [5.41, 5.74) is 4.52. The first kappa shape index (κ1) is 18.1. The fourth-order valence-electron chi connectivity index (χ4n) is 3.35. The van der Waals surface area contributed by atoms with Gasteiger partial charge in [-0.05, 0) is 47.7 Å². The molecule has 28 heavy (non-hydrogen) atoms. The molecule has 1 aliphatic heterocycles. The van der Waals surface area contributed by atoms with Gasteiger partial charge >= 0.3 is 0 Å². The Morgan fingerprint density at radius 1 is 0.929 bits per heavy atom. The number of benzene rings is 3. The molecular formula is C24H23NO3. The summed E-state index contributed by atoms with van der Waals surface area (Å²) in [7, 11) is 0. The molecule has 0 spiro atoms. The van der Waals surface area contributed by atoms with Crippen LogP contribution in [0.3, 0.4) is 0 Å². The molecule has 0 saturated carbocycles. The van der Waals surface area contributed by atoms with E-state index in [4.69, 9.17) is 9.47 Å². The van der Waals surface area contributed by atoms with E-state index < -0.39 is 0 Å². The molecule has 0 saturated heterocycles. The lowest BCUT2D eigenvalue weighted by molar-refractivity contribution is -0.121. The van der Waals surface area contributed by atoms with Crippen molar-refractivity contribution in [1.29, 1.82) is 0 Å². The van der Waals surface area contributed by atoms with Gasteiger partial charge in [0.1, 0.15) is 0 Å². The zero-order chi connectivity index (χ0) is 19.3. The number of hydrogen-bond acceptors (Lipinski definition) is 3. The zero-order valence-electron chi connectivity index (χ0n) is 15.9. The Kier molecular flexibility index (Phi) is 5.29. The lowest BCUT2D eigenvalue weighted by Gasteiger charge is -2.15. The van der Waals surface area contributed by atoms with Crippen molar-refractivity contribution in [2.75, 3.05) is 6.79 Å². The summed E-state index contributed by atoms with van der Waals surface area (Å²) < 4.78 is 10.7. The fraction of sp³-hybridized carbons (Fsp3) is 0.208. The first-order valence-corrected chi connectivity index (χ1v) is 9.52. The highest BCUT2D eigenvalue weighted by molar-refractivity contribution is 5.76. The molecule has 0 radical (unpaired) electrons. The molecule has 1 heterocycles. The van der Waals surface area contributed by atoms with Gasteiger partial charge in [-0.25, -0.2) is 0 Å². The van der Waals surface area contributed by atoms with E-state index in [1.807, 2.05) is 43.3 Å². The van der Waals surface area contributed by atoms with Crippen LogP contribution >= 0.6 is 0 Å². The number of hydrogen-bond donors (Lipinski definition) is 1. The molecule has 1 N–H and O–H groups in total. The van der Waals surface area contributed by atoms with Crippen LogP contribution in [-0.2, 0) is 11.2 Å². The van der Waals surface area contributed by atoms with Crippen molar-refractivity contribution in [3.05, 3.63) is 83.9 Å². The third-order valence-corrected chi connectivity index (χ3v) is 4.97. The number of ether oxygens (including phenoxy) is 2. The number of carbonyl (C=O) groups is 1. The van der Waals surface area contributed by atoms with Gasteiger partial charge in [0.15, 0.2) is 11.5 Å². The number of rotatable bonds is 6. The van der Waals surface area contributed by atoms with Crippen LogP contribution in [0.2, 0.25) is 0 Å². The van der Waals surface area contributed by atoms with E-state index in [1.165, 1.54) is 11.1 Å². The first-order chi connectivity index (χ1) is 13.7. The smallest absolute Gasteiger partial charge is 0.231 e. The minimum Gasteiger partial charge on any atom is -0.454 e. The van der Waals surface area contributed by atoms with Crippen molar-refractivity contribution in [1.82, 2.24) is 5.32 Å². The van der Waals surface area contributed by atoms with E-state index in [1.54, 1.807) is 0 Å². The topological polar surface area (TPSA) is 47.6 Å². The zero-order valence-corrected chi connectivity index (χ0v) is 15.9. The number of fused-ring (bicyclic) bond motifs is 1. The molecule has 0 unspecified atom stereocenters. The molecule has 142 valence electrons. The average molecular weight is 373 g/mol. The van der Waals surface area contributed by atoms with Crippen LogP contribution in [-0.4, -0.2) is 12.7 Å². The van der Waals surface area contributed by atoms with Crippen molar-refractivity contribution in [3.8, 4) is 22.6 Å². The van der Waals surface area contributed by atoms with Crippen LogP contribution in [0, 0.1) is 0 Å². The Morgan fingerprint density at radius 2 is 1.64 bits per heavy atom. The van der Waals surface area contributed by atoms with E-state index in [0.29, 0.717) is 12.8 Å². The van der Waals surface area contributed by atoms with Gasteiger partial charge in [-0.15, -0.1) is 0 Å². The standard InChI is InChI=1S/C24H23NO3/c1-17(19-9-11-21(12-10-19)20-5-3-2-4-6-20)25-24(26)14-8-18-7-13-22-23(15-18)28-16-27-22/h2-7,9-13,15,17H,8,14,16H2,1H3,(H,25,26)/t17-/m0/s1. The highest BCUT2D eigenvalue weighted by Crippen LogP contribution is 2.32. The first-order valence-electron chi connectivity index (χ1n) is 9.52. The van der Waals surface area contributed by atoms with Gasteiger partial charge in [0, 0.05) is 6.42 Å². The third kappa shape index (κ3) is 4.17. The third-order valence-electron chi connectivity index (χ3n) is 4.97. The van der Waals surface area contributed by atoms with Gasteiger partial charge in [0.2, 0.25) is 12.7 Å². The van der Waals surface area contributed by atoms with Gasteiger partial charge in [0.25, 0.3) is 0 Å². The maximum absolute atomic E-state index is 12.4. The molecule has 0 aliphatic carbocycles. The quantitative estimate of drug-likeness (QED) is 0.669. The fourth-order valence-corrected chi connectivity index (χ4v) is 3.35. The van der Waals surface area contributed by atoms with E-state index in [0.717, 1.165) is 22.6 Å². The lowest BCUT2D eigenvalue weighted by Crippen LogP contribution is -2.26. The summed E-state index contributed by atoms with van der Waals surface area (Å²) >= 11 is 0. The lowest BCUT2D eigenvalue weighted by atomic mass is 10.0. The second-order valence-corrected chi connectivity index (χ2v) is 6.96. The minimum atomic E-state index is -0.0333. The summed E-state index contributed by atoms with van der Waals surface area (Å²) in [4.78, 5) is 12.4. The molecule has 0 aromatic heterocycles. The monoisotopic (exact) mass is 373 g/mol. The maximum Gasteiger partial charge on any atom is 0.231 e. The molecule has 4 rings (SSSR count). The second kappa shape index (κ2) is 8.17. The molecule has 3 aromatic carbocycles.